The Kier molecular flexibility index (Phi) is 5.97. The second-order valence-electron chi connectivity index (χ2n) is 7.16. The van der Waals surface area contributed by atoms with E-state index in [0.717, 1.165) is 0 Å². The van der Waals surface area contributed by atoms with Crippen LogP contribution in [0.4, 0.5) is 10.1 Å². The first-order valence-corrected chi connectivity index (χ1v) is 10.3. The van der Waals surface area contributed by atoms with E-state index >= 15 is 0 Å². The number of ether oxygens (including phenoxy) is 1. The summed E-state index contributed by atoms with van der Waals surface area (Å²) in [7, 11) is 0. The van der Waals surface area contributed by atoms with Crippen molar-refractivity contribution in [2.45, 2.75) is 13.0 Å². The Hall–Kier alpha value is -3.64. The number of carbonyl (C=O) groups excluding carboxylic acids is 2. The first kappa shape index (κ1) is 21.6. The molecule has 5 nitrogen and oxygen atoms in total. The third-order valence-electron chi connectivity index (χ3n) is 5.16. The maximum atomic E-state index is 13.9. The van der Waals surface area contributed by atoms with E-state index in [0.29, 0.717) is 28.5 Å². The van der Waals surface area contributed by atoms with Gasteiger partial charge in [0.05, 0.1) is 18.2 Å². The first-order valence-electron chi connectivity index (χ1n) is 9.96. The number of aliphatic hydroxyl groups is 1. The van der Waals surface area contributed by atoms with Crippen molar-refractivity contribution < 1.29 is 23.8 Å². The number of benzene rings is 3. The van der Waals surface area contributed by atoms with Gasteiger partial charge in [-0.15, -0.1) is 0 Å². The minimum atomic E-state index is -0.958. The van der Waals surface area contributed by atoms with E-state index in [2.05, 4.69) is 0 Å². The number of nitrogens with zero attached hydrogens (tertiary/aromatic N) is 1. The number of carbonyl (C=O) groups is 2. The van der Waals surface area contributed by atoms with Gasteiger partial charge in [-0.2, -0.15) is 0 Å². The van der Waals surface area contributed by atoms with Crippen molar-refractivity contribution in [2.75, 3.05) is 11.5 Å². The van der Waals surface area contributed by atoms with Crippen LogP contribution >= 0.6 is 11.6 Å². The first-order chi connectivity index (χ1) is 15.4. The van der Waals surface area contributed by atoms with Crippen LogP contribution in [0, 0.1) is 5.82 Å². The molecule has 0 radical (unpaired) electrons. The van der Waals surface area contributed by atoms with E-state index in [9.17, 15) is 19.1 Å². The highest BCUT2D eigenvalue weighted by molar-refractivity contribution is 6.51. The van der Waals surface area contributed by atoms with Crippen LogP contribution in [-0.4, -0.2) is 23.4 Å². The Bertz CT molecular complexity index is 1210. The maximum Gasteiger partial charge on any atom is 0.300 e. The predicted molar refractivity (Wildman–Crippen MR) is 120 cm³/mol. The zero-order valence-corrected chi connectivity index (χ0v) is 17.8. The highest BCUT2D eigenvalue weighted by Crippen LogP contribution is 2.42. The summed E-state index contributed by atoms with van der Waals surface area (Å²) in [4.78, 5) is 27.3. The van der Waals surface area contributed by atoms with Gasteiger partial charge in [0.1, 0.15) is 17.3 Å². The molecule has 1 saturated heterocycles. The van der Waals surface area contributed by atoms with Crippen molar-refractivity contribution in [3.63, 3.8) is 0 Å². The highest BCUT2D eigenvalue weighted by Gasteiger charge is 2.47. The molecule has 7 heteroatoms. The summed E-state index contributed by atoms with van der Waals surface area (Å²) in [6.07, 6.45) is 0. The molecule has 1 heterocycles. The SMILES string of the molecule is CCOc1ccc(/C(O)=C2\C(=O)C(=O)N(c3cccc(F)c3)C2c2ccc(Cl)cc2)cc1. The summed E-state index contributed by atoms with van der Waals surface area (Å²) < 4.78 is 19.4. The van der Waals surface area contributed by atoms with Gasteiger partial charge in [-0.3, -0.25) is 14.5 Å². The Balaban J connectivity index is 1.89. The molecular weight excluding hydrogens is 433 g/mol. The molecule has 4 rings (SSSR count). The molecule has 0 bridgehead atoms. The van der Waals surface area contributed by atoms with Crippen LogP contribution < -0.4 is 9.64 Å². The molecule has 0 spiro atoms. The summed E-state index contributed by atoms with van der Waals surface area (Å²) >= 11 is 6.01. The van der Waals surface area contributed by atoms with E-state index < -0.39 is 23.5 Å². The zero-order chi connectivity index (χ0) is 22.8. The molecule has 1 amide bonds. The van der Waals surface area contributed by atoms with Crippen molar-refractivity contribution in [3.05, 3.63) is 100 Å². The summed E-state index contributed by atoms with van der Waals surface area (Å²) in [5, 5.41) is 11.5. The molecule has 0 aromatic heterocycles. The fourth-order valence-electron chi connectivity index (χ4n) is 3.72. The fourth-order valence-corrected chi connectivity index (χ4v) is 3.84. The van der Waals surface area contributed by atoms with E-state index in [1.54, 1.807) is 48.5 Å². The number of hydrogen-bond acceptors (Lipinski definition) is 4. The summed E-state index contributed by atoms with van der Waals surface area (Å²) in [6, 6.07) is 17.6. The number of aliphatic hydroxyl groups excluding tert-OH is 1. The van der Waals surface area contributed by atoms with Crippen LogP contribution in [0.15, 0.2) is 78.4 Å². The second kappa shape index (κ2) is 8.85. The van der Waals surface area contributed by atoms with Crippen molar-refractivity contribution in [1.29, 1.82) is 0 Å². The van der Waals surface area contributed by atoms with Gasteiger partial charge in [-0.1, -0.05) is 29.8 Å². The van der Waals surface area contributed by atoms with E-state index in [4.69, 9.17) is 16.3 Å². The van der Waals surface area contributed by atoms with Gasteiger partial charge in [0, 0.05) is 16.3 Å². The monoisotopic (exact) mass is 451 g/mol. The Morgan fingerprint density at radius 2 is 1.75 bits per heavy atom. The van der Waals surface area contributed by atoms with Crippen LogP contribution in [0.25, 0.3) is 5.76 Å². The van der Waals surface area contributed by atoms with Crippen molar-refractivity contribution >= 4 is 34.7 Å². The molecule has 3 aromatic rings. The lowest BCUT2D eigenvalue weighted by Gasteiger charge is -2.25. The van der Waals surface area contributed by atoms with Gasteiger partial charge < -0.3 is 9.84 Å². The third-order valence-corrected chi connectivity index (χ3v) is 5.41. The minimum absolute atomic E-state index is 0.0919. The topological polar surface area (TPSA) is 66.8 Å². The average Bonchev–Trinajstić information content (AvgIpc) is 3.05. The molecule has 0 aliphatic carbocycles. The van der Waals surface area contributed by atoms with Gasteiger partial charge in [0.25, 0.3) is 11.7 Å². The molecule has 1 unspecified atom stereocenters. The van der Waals surface area contributed by atoms with Crippen LogP contribution in [0.5, 0.6) is 5.75 Å². The molecule has 1 aliphatic rings. The molecule has 1 aliphatic heterocycles. The fraction of sp³-hybridized carbons (Fsp3) is 0.120. The zero-order valence-electron chi connectivity index (χ0n) is 17.1. The number of halogens is 2. The normalized spacial score (nSPS) is 17.6. The maximum absolute atomic E-state index is 13.9. The molecule has 162 valence electrons. The van der Waals surface area contributed by atoms with Gasteiger partial charge in [-0.25, -0.2) is 4.39 Å². The van der Waals surface area contributed by atoms with Crippen LogP contribution in [-0.2, 0) is 9.59 Å². The predicted octanol–water partition coefficient (Wildman–Crippen LogP) is 5.50. The number of Topliss-reactive ketones (excluding diaryl/α,β-unsaturated/α-hetero) is 1. The molecule has 1 fully saturated rings. The highest BCUT2D eigenvalue weighted by atomic mass is 35.5. The summed E-state index contributed by atoms with van der Waals surface area (Å²) in [5.74, 6) is -1.99. The second-order valence-corrected chi connectivity index (χ2v) is 7.59. The lowest BCUT2D eigenvalue weighted by atomic mass is 9.95. The average molecular weight is 452 g/mol. The summed E-state index contributed by atoms with van der Waals surface area (Å²) in [5.41, 5.74) is 1.01. The number of hydrogen-bond donors (Lipinski definition) is 1. The minimum Gasteiger partial charge on any atom is -0.507 e. The van der Waals surface area contributed by atoms with Gasteiger partial charge in [-0.05, 0) is 67.1 Å². The van der Waals surface area contributed by atoms with Crippen molar-refractivity contribution in [1.82, 2.24) is 0 Å². The Morgan fingerprint density at radius 1 is 1.06 bits per heavy atom. The standard InChI is InChI=1S/C25H19ClFNO4/c1-2-32-20-12-8-16(9-13-20)23(29)21-22(15-6-10-17(26)11-7-15)28(25(31)24(21)30)19-5-3-4-18(27)14-19/h3-14,22,29H,2H2,1H3/b23-21+. The number of rotatable bonds is 5. The quantitative estimate of drug-likeness (QED) is 0.316. The Morgan fingerprint density at radius 3 is 2.38 bits per heavy atom. The molecule has 3 aromatic carbocycles. The lowest BCUT2D eigenvalue weighted by Crippen LogP contribution is -2.29. The van der Waals surface area contributed by atoms with Gasteiger partial charge in [0.2, 0.25) is 0 Å². The van der Waals surface area contributed by atoms with Gasteiger partial charge >= 0.3 is 0 Å². The smallest absolute Gasteiger partial charge is 0.300 e. The number of anilines is 1. The van der Waals surface area contributed by atoms with Crippen LogP contribution in [0.3, 0.4) is 0 Å². The molecule has 1 atom stereocenters. The third kappa shape index (κ3) is 3.97. The largest absolute Gasteiger partial charge is 0.507 e. The molecular formula is C25H19ClFNO4. The lowest BCUT2D eigenvalue weighted by molar-refractivity contribution is -0.132. The van der Waals surface area contributed by atoms with Crippen molar-refractivity contribution in [3.8, 4) is 5.75 Å². The Labute approximate surface area is 189 Å². The van der Waals surface area contributed by atoms with Crippen LogP contribution in [0.2, 0.25) is 5.02 Å². The van der Waals surface area contributed by atoms with Gasteiger partial charge in [0.15, 0.2) is 0 Å². The molecule has 1 N–H and O–H groups in total. The molecule has 0 saturated carbocycles. The van der Waals surface area contributed by atoms with Crippen molar-refractivity contribution in [2.24, 2.45) is 0 Å². The van der Waals surface area contributed by atoms with E-state index in [-0.39, 0.29) is 17.0 Å². The van der Waals surface area contributed by atoms with E-state index in [1.807, 2.05) is 6.92 Å². The van der Waals surface area contributed by atoms with Crippen LogP contribution in [0.1, 0.15) is 24.1 Å². The van der Waals surface area contributed by atoms with E-state index in [1.165, 1.54) is 29.2 Å². The molecule has 32 heavy (non-hydrogen) atoms. The number of ketones is 1. The number of amides is 1. The summed E-state index contributed by atoms with van der Waals surface area (Å²) in [6.45, 7) is 2.34.